The van der Waals surface area contributed by atoms with Gasteiger partial charge in [-0.05, 0) is 45.7 Å². The highest BCUT2D eigenvalue weighted by Crippen LogP contribution is 2.26. The van der Waals surface area contributed by atoms with Crippen molar-refractivity contribution in [3.05, 3.63) is 24.3 Å². The maximum Gasteiger partial charge on any atom is 0.260 e. The number of hydrogen-bond acceptors (Lipinski definition) is 4. The minimum atomic E-state index is -0.230. The molecule has 2 amide bonds. The average Bonchev–Trinajstić information content (AvgIpc) is 2.58. The quantitative estimate of drug-likeness (QED) is 0.886. The lowest BCUT2D eigenvalue weighted by Crippen LogP contribution is -2.48. The zero-order chi connectivity index (χ0) is 18.4. The molecule has 1 aliphatic rings. The number of methoxy groups -OCH3 is 1. The summed E-state index contributed by atoms with van der Waals surface area (Å²) in [7, 11) is 1.57. The van der Waals surface area contributed by atoms with Crippen LogP contribution >= 0.6 is 0 Å². The Kier molecular flexibility index (Phi) is 6.28. The van der Waals surface area contributed by atoms with Crippen LogP contribution in [0.3, 0.4) is 0 Å². The molecule has 1 aromatic carbocycles. The third-order valence-electron chi connectivity index (χ3n) is 4.14. The van der Waals surface area contributed by atoms with Gasteiger partial charge in [-0.25, -0.2) is 0 Å². The van der Waals surface area contributed by atoms with Crippen LogP contribution in [0.1, 0.15) is 33.6 Å². The molecule has 2 rings (SSSR count). The molecule has 6 nitrogen and oxygen atoms in total. The summed E-state index contributed by atoms with van der Waals surface area (Å²) < 4.78 is 10.8. The molecular weight excluding hydrogens is 320 g/mol. The highest BCUT2D eigenvalue weighted by Gasteiger charge is 2.29. The highest BCUT2D eigenvalue weighted by molar-refractivity contribution is 5.81. The van der Waals surface area contributed by atoms with Crippen molar-refractivity contribution in [2.75, 3.05) is 26.8 Å². The average molecular weight is 348 g/mol. The fourth-order valence-electron chi connectivity index (χ4n) is 2.83. The molecule has 25 heavy (non-hydrogen) atoms. The topological polar surface area (TPSA) is 67.9 Å². The van der Waals surface area contributed by atoms with Crippen LogP contribution in [0.2, 0.25) is 0 Å². The maximum absolute atomic E-state index is 12.3. The molecule has 1 aromatic rings. The van der Waals surface area contributed by atoms with Crippen LogP contribution in [0.5, 0.6) is 11.5 Å². The number of nitrogens with zero attached hydrogens (tertiary/aromatic N) is 1. The van der Waals surface area contributed by atoms with Gasteiger partial charge in [-0.3, -0.25) is 9.59 Å². The first-order valence-corrected chi connectivity index (χ1v) is 8.66. The molecule has 0 radical (unpaired) electrons. The van der Waals surface area contributed by atoms with Crippen molar-refractivity contribution >= 4 is 11.8 Å². The van der Waals surface area contributed by atoms with Gasteiger partial charge in [0.1, 0.15) is 0 Å². The summed E-state index contributed by atoms with van der Waals surface area (Å²) in [5, 5.41) is 3.01. The van der Waals surface area contributed by atoms with Crippen molar-refractivity contribution in [3.63, 3.8) is 0 Å². The number of hydrogen-bond donors (Lipinski definition) is 1. The lowest BCUT2D eigenvalue weighted by Gasteiger charge is -2.33. The van der Waals surface area contributed by atoms with Gasteiger partial charge in [0.05, 0.1) is 7.11 Å². The molecule has 6 heteroatoms. The molecule has 1 aliphatic heterocycles. The van der Waals surface area contributed by atoms with Crippen LogP contribution in [0, 0.1) is 5.92 Å². The standard InChI is InChI=1S/C19H28N2O4/c1-19(2,3)20-18(23)14-9-11-21(12-10-14)17(22)13-25-16-8-6-5-7-15(16)24-4/h5-8,14H,9-13H2,1-4H3,(H,20,23). The summed E-state index contributed by atoms with van der Waals surface area (Å²) in [6.45, 7) is 7.04. The zero-order valence-corrected chi connectivity index (χ0v) is 15.5. The second-order valence-electron chi connectivity index (χ2n) is 7.33. The Labute approximate surface area is 149 Å². The monoisotopic (exact) mass is 348 g/mol. The van der Waals surface area contributed by atoms with Crippen molar-refractivity contribution in [1.29, 1.82) is 0 Å². The van der Waals surface area contributed by atoms with Gasteiger partial charge in [0.15, 0.2) is 18.1 Å². The number of likely N-dealkylation sites (tertiary alicyclic amines) is 1. The largest absolute Gasteiger partial charge is 0.493 e. The lowest BCUT2D eigenvalue weighted by molar-refractivity contribution is -0.137. The van der Waals surface area contributed by atoms with Crippen LogP contribution in [0.15, 0.2) is 24.3 Å². The Hall–Kier alpha value is -2.24. The third kappa shape index (κ3) is 5.66. The predicted molar refractivity (Wildman–Crippen MR) is 95.7 cm³/mol. The normalized spacial score (nSPS) is 15.6. The van der Waals surface area contributed by atoms with Gasteiger partial charge < -0.3 is 19.7 Å². The number of nitrogens with one attached hydrogen (secondary N) is 1. The molecule has 0 saturated carbocycles. The van der Waals surface area contributed by atoms with E-state index >= 15 is 0 Å². The summed E-state index contributed by atoms with van der Waals surface area (Å²) in [5.74, 6) is 1.13. The molecule has 0 aromatic heterocycles. The van der Waals surface area contributed by atoms with Gasteiger partial charge >= 0.3 is 0 Å². The number of amides is 2. The molecular formula is C19H28N2O4. The Morgan fingerprint density at radius 1 is 1.16 bits per heavy atom. The summed E-state index contributed by atoms with van der Waals surface area (Å²) in [6, 6.07) is 7.25. The number of benzene rings is 1. The molecule has 0 bridgehead atoms. The number of rotatable bonds is 5. The third-order valence-corrected chi connectivity index (χ3v) is 4.14. The van der Waals surface area contributed by atoms with E-state index in [1.165, 1.54) is 0 Å². The van der Waals surface area contributed by atoms with E-state index in [0.717, 1.165) is 0 Å². The second-order valence-corrected chi connectivity index (χ2v) is 7.33. The van der Waals surface area contributed by atoms with E-state index in [9.17, 15) is 9.59 Å². The summed E-state index contributed by atoms with van der Waals surface area (Å²) >= 11 is 0. The molecule has 138 valence electrons. The summed E-state index contributed by atoms with van der Waals surface area (Å²) in [6.07, 6.45) is 1.37. The van der Waals surface area contributed by atoms with Crippen molar-refractivity contribution in [1.82, 2.24) is 10.2 Å². The molecule has 0 atom stereocenters. The minimum absolute atomic E-state index is 0.0285. The second kappa shape index (κ2) is 8.23. The smallest absolute Gasteiger partial charge is 0.260 e. The fourth-order valence-corrected chi connectivity index (χ4v) is 2.83. The van der Waals surface area contributed by atoms with Gasteiger partial charge in [0, 0.05) is 24.5 Å². The van der Waals surface area contributed by atoms with Crippen molar-refractivity contribution in [2.45, 2.75) is 39.2 Å². The van der Waals surface area contributed by atoms with Crippen molar-refractivity contribution in [2.24, 2.45) is 5.92 Å². The molecule has 1 saturated heterocycles. The first-order chi connectivity index (χ1) is 11.8. The van der Waals surface area contributed by atoms with Crippen molar-refractivity contribution < 1.29 is 19.1 Å². The van der Waals surface area contributed by atoms with Crippen molar-refractivity contribution in [3.8, 4) is 11.5 Å². The fraction of sp³-hybridized carbons (Fsp3) is 0.579. The Balaban J connectivity index is 1.80. The number of para-hydroxylation sites is 2. The number of ether oxygens (including phenoxy) is 2. The Bertz CT molecular complexity index is 602. The van der Waals surface area contributed by atoms with Crippen LogP contribution in [0.25, 0.3) is 0 Å². The SMILES string of the molecule is COc1ccccc1OCC(=O)N1CCC(C(=O)NC(C)(C)C)CC1. The molecule has 1 N–H and O–H groups in total. The van der Waals surface area contributed by atoms with E-state index < -0.39 is 0 Å². The van der Waals surface area contributed by atoms with Gasteiger partial charge in [-0.15, -0.1) is 0 Å². The van der Waals surface area contributed by atoms with E-state index in [0.29, 0.717) is 37.4 Å². The number of carbonyl (C=O) groups is 2. The predicted octanol–water partition coefficient (Wildman–Crippen LogP) is 2.23. The van der Waals surface area contributed by atoms with E-state index in [-0.39, 0.29) is 29.9 Å². The van der Waals surface area contributed by atoms with Gasteiger partial charge in [-0.2, -0.15) is 0 Å². The summed E-state index contributed by atoms with van der Waals surface area (Å²) in [5.41, 5.74) is -0.230. The molecule has 0 spiro atoms. The molecule has 1 fully saturated rings. The minimum Gasteiger partial charge on any atom is -0.493 e. The molecule has 1 heterocycles. The Morgan fingerprint density at radius 3 is 2.32 bits per heavy atom. The van der Waals surface area contributed by atoms with Gasteiger partial charge in [0.25, 0.3) is 5.91 Å². The van der Waals surface area contributed by atoms with Crippen LogP contribution in [0.4, 0.5) is 0 Å². The van der Waals surface area contributed by atoms with E-state index in [2.05, 4.69) is 5.32 Å². The number of piperidine rings is 1. The van der Waals surface area contributed by atoms with Gasteiger partial charge in [0.2, 0.25) is 5.91 Å². The van der Waals surface area contributed by atoms with Crippen LogP contribution in [-0.4, -0.2) is 49.1 Å². The van der Waals surface area contributed by atoms with Crippen LogP contribution in [-0.2, 0) is 9.59 Å². The van der Waals surface area contributed by atoms with E-state index in [1.807, 2.05) is 32.9 Å². The highest BCUT2D eigenvalue weighted by atomic mass is 16.5. The first-order valence-electron chi connectivity index (χ1n) is 8.66. The summed E-state index contributed by atoms with van der Waals surface area (Å²) in [4.78, 5) is 26.3. The molecule has 0 aliphatic carbocycles. The van der Waals surface area contributed by atoms with E-state index in [4.69, 9.17) is 9.47 Å². The first kappa shape index (κ1) is 19.1. The zero-order valence-electron chi connectivity index (χ0n) is 15.5. The lowest BCUT2D eigenvalue weighted by atomic mass is 9.94. The Morgan fingerprint density at radius 2 is 1.76 bits per heavy atom. The van der Waals surface area contributed by atoms with Gasteiger partial charge in [-0.1, -0.05) is 12.1 Å². The molecule has 0 unspecified atom stereocenters. The maximum atomic E-state index is 12.3. The number of carbonyl (C=O) groups excluding carboxylic acids is 2. The van der Waals surface area contributed by atoms with Crippen LogP contribution < -0.4 is 14.8 Å². The van der Waals surface area contributed by atoms with E-state index in [1.54, 1.807) is 24.1 Å².